The van der Waals surface area contributed by atoms with Crippen molar-refractivity contribution in [2.24, 2.45) is 35.0 Å². The van der Waals surface area contributed by atoms with Crippen LogP contribution in [0.3, 0.4) is 0 Å². The van der Waals surface area contributed by atoms with Crippen LogP contribution in [0.2, 0.25) is 0 Å². The maximum Gasteiger partial charge on any atom is 0.187 e. The van der Waals surface area contributed by atoms with Crippen LogP contribution < -0.4 is 0 Å². The molecule has 0 spiro atoms. The summed E-state index contributed by atoms with van der Waals surface area (Å²) >= 11 is 0. The molecule has 1 saturated heterocycles. The third kappa shape index (κ3) is 16.8. The van der Waals surface area contributed by atoms with Gasteiger partial charge in [0.15, 0.2) is 5.78 Å². The quantitative estimate of drug-likeness (QED) is 0.108. The molecule has 0 amide bonds. The lowest BCUT2D eigenvalue weighted by atomic mass is 9.65. The molecule has 51 heavy (non-hydrogen) atoms. The summed E-state index contributed by atoms with van der Waals surface area (Å²) < 4.78 is 6.41. The molecule has 4 rings (SSSR count). The first-order valence-electron chi connectivity index (χ1n) is 20.2. The highest BCUT2D eigenvalue weighted by atomic mass is 31.0. The predicted molar refractivity (Wildman–Crippen MR) is 232 cm³/mol. The van der Waals surface area contributed by atoms with Crippen LogP contribution in [0.25, 0.3) is 0 Å². The van der Waals surface area contributed by atoms with Crippen molar-refractivity contribution in [3.63, 3.8) is 0 Å². The first-order chi connectivity index (χ1) is 24.6. The number of Topliss-reactive ketones (excluding diaryl/α,β-unsaturated/α-hetero) is 1. The molecule has 3 aliphatic carbocycles. The minimum atomic E-state index is -0.332. The lowest BCUT2D eigenvalue weighted by Crippen LogP contribution is -2.40. The minimum Gasteiger partial charge on any atom is -0.365 e. The summed E-state index contributed by atoms with van der Waals surface area (Å²) in [4.78, 5) is 14.1. The minimum absolute atomic E-state index is 0.0482. The first kappa shape index (κ1) is 48.5. The average molecular weight is 717 g/mol. The number of ketones is 1. The normalized spacial score (nSPS) is 27.4. The Hall–Kier alpha value is -2.46. The summed E-state index contributed by atoms with van der Waals surface area (Å²) in [6.45, 7) is 27.1. The van der Waals surface area contributed by atoms with E-state index in [9.17, 15) is 4.79 Å². The Kier molecular flexibility index (Phi) is 26.7. The molecule has 0 radical (unpaired) electrons. The monoisotopic (exact) mass is 717 g/mol. The van der Waals surface area contributed by atoms with E-state index < -0.39 is 0 Å². The molecule has 4 aliphatic rings. The largest absolute Gasteiger partial charge is 0.365 e. The molecule has 1 heterocycles. The molecule has 0 aromatic heterocycles. The number of rotatable bonds is 8. The Labute approximate surface area is 319 Å². The second-order valence-corrected chi connectivity index (χ2v) is 15.1. The van der Waals surface area contributed by atoms with Crippen molar-refractivity contribution in [1.82, 2.24) is 0 Å². The van der Waals surface area contributed by atoms with Gasteiger partial charge in [0.05, 0.1) is 6.61 Å². The number of carbonyl (C=O) groups is 1. The summed E-state index contributed by atoms with van der Waals surface area (Å²) in [6.07, 6.45) is 42.9. The number of hydrogen-bond donors (Lipinski definition) is 0. The maximum atomic E-state index is 14.1. The van der Waals surface area contributed by atoms with Crippen molar-refractivity contribution in [1.29, 1.82) is 0 Å². The molecule has 6 atom stereocenters. The highest BCUT2D eigenvalue weighted by Crippen LogP contribution is 2.47. The summed E-state index contributed by atoms with van der Waals surface area (Å²) in [5, 5.41) is 0. The Bertz CT molecular complexity index is 1210. The van der Waals surface area contributed by atoms with Gasteiger partial charge in [0.25, 0.3) is 0 Å². The SMILES string of the molecule is C#C.C=C/C(=C\C(C)(C)/C=C\C)C(C)CC1=CC2C(CC3CCCCC3)CCC/C=C(\C)CC/C=C/C=C3\COC(C1=O)C32.C=CP.CC.CC. The molecular weight excluding hydrogens is 640 g/mol. The van der Waals surface area contributed by atoms with E-state index in [1.807, 2.05) is 33.8 Å². The molecule has 0 aromatic carbocycles. The summed E-state index contributed by atoms with van der Waals surface area (Å²) in [6, 6.07) is 0. The topological polar surface area (TPSA) is 26.3 Å². The van der Waals surface area contributed by atoms with E-state index in [1.165, 1.54) is 74.5 Å². The number of allylic oxidation sites excluding steroid dienone is 11. The molecule has 0 bridgehead atoms. The fourth-order valence-electron chi connectivity index (χ4n) is 8.13. The zero-order valence-corrected chi connectivity index (χ0v) is 35.5. The summed E-state index contributed by atoms with van der Waals surface area (Å²) in [5.41, 5.74) is 5.01. The van der Waals surface area contributed by atoms with Gasteiger partial charge in [-0.3, -0.25) is 4.79 Å². The van der Waals surface area contributed by atoms with Gasteiger partial charge in [-0.2, -0.15) is 0 Å². The highest BCUT2D eigenvalue weighted by molar-refractivity contribution is 7.20. The van der Waals surface area contributed by atoms with Crippen LogP contribution >= 0.6 is 9.24 Å². The average Bonchev–Trinajstić information content (AvgIpc) is 3.57. The van der Waals surface area contributed by atoms with Gasteiger partial charge in [-0.15, -0.1) is 22.1 Å². The molecule has 286 valence electrons. The van der Waals surface area contributed by atoms with E-state index in [4.69, 9.17) is 4.74 Å². The molecule has 2 nitrogen and oxygen atoms in total. The highest BCUT2D eigenvalue weighted by Gasteiger charge is 2.48. The number of carbonyl (C=O) groups excluding carboxylic acids is 1. The zero-order chi connectivity index (χ0) is 38.8. The van der Waals surface area contributed by atoms with Gasteiger partial charge < -0.3 is 4.74 Å². The molecule has 1 saturated carbocycles. The second kappa shape index (κ2) is 28.1. The zero-order valence-electron chi connectivity index (χ0n) is 34.4. The molecule has 1 aliphatic heterocycles. The number of hydrogen-bond acceptors (Lipinski definition) is 2. The summed E-state index contributed by atoms with van der Waals surface area (Å²) in [7, 11) is 2.34. The molecular formula is C48H77O2P. The Balaban J connectivity index is 0.00000255. The molecule has 0 aromatic rings. The van der Waals surface area contributed by atoms with Crippen LogP contribution in [0.1, 0.15) is 139 Å². The molecule has 3 heteroatoms. The van der Waals surface area contributed by atoms with E-state index >= 15 is 0 Å². The first-order valence-corrected chi connectivity index (χ1v) is 20.8. The fourth-order valence-corrected chi connectivity index (χ4v) is 8.13. The van der Waals surface area contributed by atoms with Crippen molar-refractivity contribution >= 4 is 15.0 Å². The molecule has 6 unspecified atom stereocenters. The van der Waals surface area contributed by atoms with Crippen LogP contribution in [-0.2, 0) is 9.53 Å². The van der Waals surface area contributed by atoms with Crippen molar-refractivity contribution in [3.05, 3.63) is 96.0 Å². The van der Waals surface area contributed by atoms with Gasteiger partial charge in [-0.05, 0) is 99.2 Å². The predicted octanol–water partition coefficient (Wildman–Crippen LogP) is 14.2. The fraction of sp³-hybridized carbons (Fsp3) is 0.604. The van der Waals surface area contributed by atoms with Gasteiger partial charge in [-0.25, -0.2) is 0 Å². The lowest BCUT2D eigenvalue weighted by molar-refractivity contribution is -0.127. The third-order valence-electron chi connectivity index (χ3n) is 10.4. The Morgan fingerprint density at radius 1 is 1.06 bits per heavy atom. The van der Waals surface area contributed by atoms with Gasteiger partial charge in [0, 0.05) is 11.3 Å². The van der Waals surface area contributed by atoms with E-state index in [2.05, 4.69) is 118 Å². The van der Waals surface area contributed by atoms with Crippen LogP contribution in [0, 0.1) is 47.9 Å². The maximum absolute atomic E-state index is 14.1. The van der Waals surface area contributed by atoms with Gasteiger partial charge in [0.1, 0.15) is 6.10 Å². The van der Waals surface area contributed by atoms with E-state index in [0.29, 0.717) is 18.4 Å². The molecule has 0 N–H and O–H groups in total. The number of terminal acetylenes is 1. The van der Waals surface area contributed by atoms with Gasteiger partial charge >= 0.3 is 0 Å². The standard InChI is InChI=1S/C40H58O2.C2H5P.2C2H6.C2H2/c1-7-23-40(5,6)27-32(8-2)30(4)24-35-26-36-33(25-31-19-12-10-13-20-31)21-16-15-18-29(3)17-11-9-14-22-34-28-42-39(37(34)36)38(35)41;1-2-3;3*1-2/h7-9,14,18,22-23,26-27,30-31,33,36-37,39H,2,10-13,15-17,19-21,24-25,28H2,1,3-6H3;2H,1,3H2;2*1-2H3;1-2H/b14-9+,23-7-,29-18+,32-27+,34-22+;;;;. The third-order valence-corrected chi connectivity index (χ3v) is 10.4. The van der Waals surface area contributed by atoms with E-state index in [-0.39, 0.29) is 29.1 Å². The van der Waals surface area contributed by atoms with E-state index in [0.717, 1.165) is 30.8 Å². The van der Waals surface area contributed by atoms with Crippen molar-refractivity contribution in [2.45, 2.75) is 145 Å². The Morgan fingerprint density at radius 2 is 1.71 bits per heavy atom. The second-order valence-electron chi connectivity index (χ2n) is 14.6. The van der Waals surface area contributed by atoms with Gasteiger partial charge in [0.2, 0.25) is 0 Å². The lowest BCUT2D eigenvalue weighted by Gasteiger charge is -2.39. The van der Waals surface area contributed by atoms with E-state index in [1.54, 1.807) is 5.82 Å². The molecule has 2 fully saturated rings. The smallest absolute Gasteiger partial charge is 0.187 e. The van der Waals surface area contributed by atoms with Crippen molar-refractivity contribution < 1.29 is 9.53 Å². The Morgan fingerprint density at radius 3 is 2.31 bits per heavy atom. The van der Waals surface area contributed by atoms with Gasteiger partial charge in [-0.1, -0.05) is 160 Å². The number of ether oxygens (including phenoxy) is 1. The van der Waals surface area contributed by atoms with Crippen LogP contribution in [0.5, 0.6) is 0 Å². The van der Waals surface area contributed by atoms with Crippen molar-refractivity contribution in [2.75, 3.05) is 6.61 Å². The van der Waals surface area contributed by atoms with Crippen molar-refractivity contribution in [3.8, 4) is 12.8 Å². The van der Waals surface area contributed by atoms with Crippen LogP contribution in [0.4, 0.5) is 0 Å². The summed E-state index contributed by atoms with van der Waals surface area (Å²) in [5.74, 6) is 4.07. The van der Waals surface area contributed by atoms with Crippen LogP contribution in [0.15, 0.2) is 96.0 Å². The van der Waals surface area contributed by atoms with Crippen LogP contribution in [-0.4, -0.2) is 18.5 Å².